The third-order valence-electron chi connectivity index (χ3n) is 3.11. The lowest BCUT2D eigenvalue weighted by molar-refractivity contribution is 0.298. The number of likely N-dealkylation sites (N-methyl/N-ethyl adjacent to an activating group) is 1. The van der Waals surface area contributed by atoms with Crippen molar-refractivity contribution < 1.29 is 0 Å². The molecule has 1 aromatic heterocycles. The van der Waals surface area contributed by atoms with Gasteiger partial charge in [0.2, 0.25) is 0 Å². The van der Waals surface area contributed by atoms with Crippen LogP contribution >= 0.6 is 0 Å². The standard InChI is InChI=1S/C12H24N4/c1-5-16(6-2)8-7-13-10(3)12-9-14-15-11(12)4/h9-10,13H,5-8H2,1-4H3,(H,14,15). The molecule has 4 heteroatoms. The minimum Gasteiger partial charge on any atom is -0.309 e. The quantitative estimate of drug-likeness (QED) is 0.741. The molecule has 1 heterocycles. The van der Waals surface area contributed by atoms with Crippen LogP contribution in [0, 0.1) is 6.92 Å². The highest BCUT2D eigenvalue weighted by atomic mass is 15.1. The Morgan fingerprint density at radius 2 is 2.12 bits per heavy atom. The van der Waals surface area contributed by atoms with E-state index in [0.717, 1.165) is 31.9 Å². The average molecular weight is 224 g/mol. The molecule has 1 unspecified atom stereocenters. The van der Waals surface area contributed by atoms with Crippen molar-refractivity contribution in [2.75, 3.05) is 26.2 Å². The molecule has 16 heavy (non-hydrogen) atoms. The van der Waals surface area contributed by atoms with Crippen molar-refractivity contribution >= 4 is 0 Å². The first-order valence-electron chi connectivity index (χ1n) is 6.14. The lowest BCUT2D eigenvalue weighted by Gasteiger charge is -2.20. The SMILES string of the molecule is CCN(CC)CCNC(C)c1cn[nH]c1C. The van der Waals surface area contributed by atoms with Crippen molar-refractivity contribution in [1.29, 1.82) is 0 Å². The Balaban J connectivity index is 2.30. The van der Waals surface area contributed by atoms with E-state index < -0.39 is 0 Å². The summed E-state index contributed by atoms with van der Waals surface area (Å²) in [7, 11) is 0. The smallest absolute Gasteiger partial charge is 0.0537 e. The highest BCUT2D eigenvalue weighted by Crippen LogP contribution is 2.13. The Morgan fingerprint density at radius 1 is 1.44 bits per heavy atom. The van der Waals surface area contributed by atoms with Crippen LogP contribution in [0.4, 0.5) is 0 Å². The number of H-pyrrole nitrogens is 1. The van der Waals surface area contributed by atoms with Gasteiger partial charge < -0.3 is 10.2 Å². The van der Waals surface area contributed by atoms with Gasteiger partial charge in [0.1, 0.15) is 0 Å². The van der Waals surface area contributed by atoms with Gasteiger partial charge >= 0.3 is 0 Å². The first kappa shape index (κ1) is 13.2. The fourth-order valence-corrected chi connectivity index (χ4v) is 1.89. The number of nitrogens with one attached hydrogen (secondary N) is 2. The highest BCUT2D eigenvalue weighted by molar-refractivity contribution is 5.18. The number of aromatic nitrogens is 2. The number of hydrogen-bond acceptors (Lipinski definition) is 3. The van der Waals surface area contributed by atoms with Gasteiger partial charge in [0, 0.05) is 30.4 Å². The zero-order valence-corrected chi connectivity index (χ0v) is 10.9. The maximum atomic E-state index is 4.04. The molecule has 0 aliphatic heterocycles. The van der Waals surface area contributed by atoms with E-state index in [1.165, 1.54) is 5.56 Å². The van der Waals surface area contributed by atoms with Crippen molar-refractivity contribution in [2.45, 2.75) is 33.7 Å². The summed E-state index contributed by atoms with van der Waals surface area (Å²) in [4.78, 5) is 2.42. The van der Waals surface area contributed by atoms with Gasteiger partial charge in [-0.25, -0.2) is 0 Å². The summed E-state index contributed by atoms with van der Waals surface area (Å²) >= 11 is 0. The zero-order chi connectivity index (χ0) is 12.0. The van der Waals surface area contributed by atoms with Crippen molar-refractivity contribution in [3.05, 3.63) is 17.5 Å². The molecule has 0 aliphatic carbocycles. The number of aryl methyl sites for hydroxylation is 1. The largest absolute Gasteiger partial charge is 0.309 e. The fourth-order valence-electron chi connectivity index (χ4n) is 1.89. The minimum atomic E-state index is 0.370. The predicted molar refractivity (Wildman–Crippen MR) is 67.5 cm³/mol. The van der Waals surface area contributed by atoms with Gasteiger partial charge in [-0.05, 0) is 26.9 Å². The molecule has 0 saturated carbocycles. The lowest BCUT2D eigenvalue weighted by atomic mass is 10.1. The van der Waals surface area contributed by atoms with Gasteiger partial charge in [-0.1, -0.05) is 13.8 Å². The molecule has 2 N–H and O–H groups in total. The molecular formula is C12H24N4. The van der Waals surface area contributed by atoms with E-state index in [0.29, 0.717) is 6.04 Å². The van der Waals surface area contributed by atoms with E-state index >= 15 is 0 Å². The van der Waals surface area contributed by atoms with Crippen molar-refractivity contribution in [3.63, 3.8) is 0 Å². The van der Waals surface area contributed by atoms with Gasteiger partial charge in [0.15, 0.2) is 0 Å². The van der Waals surface area contributed by atoms with Gasteiger partial charge in [-0.15, -0.1) is 0 Å². The lowest BCUT2D eigenvalue weighted by Crippen LogP contribution is -2.33. The molecule has 0 fully saturated rings. The van der Waals surface area contributed by atoms with Crippen LogP contribution in [-0.2, 0) is 0 Å². The second-order valence-corrected chi connectivity index (χ2v) is 4.15. The maximum Gasteiger partial charge on any atom is 0.0537 e. The van der Waals surface area contributed by atoms with E-state index in [4.69, 9.17) is 0 Å². The van der Waals surface area contributed by atoms with Crippen LogP contribution in [0.5, 0.6) is 0 Å². The van der Waals surface area contributed by atoms with E-state index in [2.05, 4.69) is 48.1 Å². The molecule has 0 spiro atoms. The Bertz CT molecular complexity index is 291. The molecule has 0 aromatic carbocycles. The number of hydrogen-bond donors (Lipinski definition) is 2. The molecule has 0 aliphatic rings. The van der Waals surface area contributed by atoms with Gasteiger partial charge in [0.05, 0.1) is 6.20 Å². The van der Waals surface area contributed by atoms with E-state index in [9.17, 15) is 0 Å². The van der Waals surface area contributed by atoms with Crippen LogP contribution in [0.1, 0.15) is 38.1 Å². The van der Waals surface area contributed by atoms with Crippen LogP contribution in [0.15, 0.2) is 6.20 Å². The van der Waals surface area contributed by atoms with Crippen LogP contribution < -0.4 is 5.32 Å². The summed E-state index contributed by atoms with van der Waals surface area (Å²) < 4.78 is 0. The fraction of sp³-hybridized carbons (Fsp3) is 0.750. The summed E-state index contributed by atoms with van der Waals surface area (Å²) in [5.74, 6) is 0. The van der Waals surface area contributed by atoms with E-state index in [1.54, 1.807) is 0 Å². The molecule has 1 atom stereocenters. The van der Waals surface area contributed by atoms with Crippen LogP contribution in [0.3, 0.4) is 0 Å². The summed E-state index contributed by atoms with van der Waals surface area (Å²) in [5.41, 5.74) is 2.42. The van der Waals surface area contributed by atoms with Crippen LogP contribution in [-0.4, -0.2) is 41.3 Å². The second-order valence-electron chi connectivity index (χ2n) is 4.15. The second kappa shape index (κ2) is 6.66. The molecule has 4 nitrogen and oxygen atoms in total. The predicted octanol–water partition coefficient (Wildman–Crippen LogP) is 1.71. The minimum absolute atomic E-state index is 0.370. The summed E-state index contributed by atoms with van der Waals surface area (Å²) in [6.45, 7) is 13.0. The Hall–Kier alpha value is -0.870. The van der Waals surface area contributed by atoms with Crippen LogP contribution in [0.25, 0.3) is 0 Å². The van der Waals surface area contributed by atoms with E-state index in [-0.39, 0.29) is 0 Å². The van der Waals surface area contributed by atoms with Gasteiger partial charge in [0.25, 0.3) is 0 Å². The third-order valence-corrected chi connectivity index (χ3v) is 3.11. The van der Waals surface area contributed by atoms with Crippen molar-refractivity contribution in [2.24, 2.45) is 0 Å². The first-order chi connectivity index (χ1) is 7.69. The first-order valence-corrected chi connectivity index (χ1v) is 6.14. The van der Waals surface area contributed by atoms with Crippen molar-refractivity contribution in [1.82, 2.24) is 20.4 Å². The van der Waals surface area contributed by atoms with Crippen LogP contribution in [0.2, 0.25) is 0 Å². The van der Waals surface area contributed by atoms with E-state index in [1.807, 2.05) is 6.20 Å². The van der Waals surface area contributed by atoms with Crippen molar-refractivity contribution in [3.8, 4) is 0 Å². The molecular weight excluding hydrogens is 200 g/mol. The topological polar surface area (TPSA) is 44.0 Å². The molecule has 1 rings (SSSR count). The van der Waals surface area contributed by atoms with Gasteiger partial charge in [-0.3, -0.25) is 5.10 Å². The number of aromatic amines is 1. The Morgan fingerprint density at radius 3 is 2.62 bits per heavy atom. The summed E-state index contributed by atoms with van der Waals surface area (Å²) in [6, 6.07) is 0.370. The Labute approximate surface area is 98.4 Å². The Kier molecular flexibility index (Phi) is 5.49. The molecule has 0 bridgehead atoms. The molecule has 0 radical (unpaired) electrons. The summed E-state index contributed by atoms with van der Waals surface area (Å²) in [6.07, 6.45) is 1.91. The maximum absolute atomic E-state index is 4.04. The molecule has 92 valence electrons. The number of rotatable bonds is 7. The zero-order valence-electron chi connectivity index (χ0n) is 10.9. The average Bonchev–Trinajstić information content (AvgIpc) is 2.70. The molecule has 1 aromatic rings. The molecule has 0 saturated heterocycles. The number of nitrogens with zero attached hydrogens (tertiary/aromatic N) is 2. The monoisotopic (exact) mass is 224 g/mol. The highest BCUT2D eigenvalue weighted by Gasteiger charge is 2.09. The van der Waals surface area contributed by atoms with Gasteiger partial charge in [-0.2, -0.15) is 5.10 Å². The summed E-state index contributed by atoms with van der Waals surface area (Å²) in [5, 5.41) is 10.5. The normalized spacial score (nSPS) is 13.3. The molecule has 0 amide bonds. The third kappa shape index (κ3) is 3.61.